The van der Waals surface area contributed by atoms with E-state index in [1.807, 2.05) is 5.01 Å². The van der Waals surface area contributed by atoms with Crippen molar-refractivity contribution < 1.29 is 14.7 Å². The zero-order chi connectivity index (χ0) is 14.8. The van der Waals surface area contributed by atoms with Gasteiger partial charge in [-0.1, -0.05) is 0 Å². The number of piperazine rings is 1. The number of nitrogens with zero attached hydrogens (tertiary/aromatic N) is 3. The fourth-order valence-corrected chi connectivity index (χ4v) is 2.71. The number of rotatable bonds is 2. The van der Waals surface area contributed by atoms with Gasteiger partial charge in [0.2, 0.25) is 0 Å². The normalized spacial score (nSPS) is 29.2. The van der Waals surface area contributed by atoms with Gasteiger partial charge in [-0.15, -0.1) is 0 Å². The Balaban J connectivity index is 1.87. The number of likely N-dealkylation sites (tertiary alicyclic amines) is 1. The van der Waals surface area contributed by atoms with Crippen LogP contribution in [-0.4, -0.2) is 78.2 Å². The van der Waals surface area contributed by atoms with Gasteiger partial charge in [0.15, 0.2) is 0 Å². The lowest BCUT2D eigenvalue weighted by Gasteiger charge is -2.39. The van der Waals surface area contributed by atoms with Crippen LogP contribution in [0.2, 0.25) is 0 Å². The van der Waals surface area contributed by atoms with E-state index in [2.05, 4.69) is 17.4 Å². The molecule has 7 heteroatoms. The smallest absolute Gasteiger partial charge is 0.331 e. The van der Waals surface area contributed by atoms with E-state index in [1.54, 1.807) is 11.8 Å². The summed E-state index contributed by atoms with van der Waals surface area (Å²) in [6, 6.07) is -0.179. The van der Waals surface area contributed by atoms with E-state index in [9.17, 15) is 14.7 Å². The van der Waals surface area contributed by atoms with Crippen molar-refractivity contribution in [3.05, 3.63) is 0 Å². The van der Waals surface area contributed by atoms with Crippen LogP contribution in [0.3, 0.4) is 0 Å². The summed E-state index contributed by atoms with van der Waals surface area (Å²) >= 11 is 0. The second-order valence-corrected chi connectivity index (χ2v) is 6.10. The SMILES string of the molecule is CN1CCN(NC(=O)N2CCCC(C)(C(=O)O)C2)CC1. The Morgan fingerprint density at radius 2 is 1.80 bits per heavy atom. The minimum atomic E-state index is -0.824. The molecule has 1 unspecified atom stereocenters. The van der Waals surface area contributed by atoms with Gasteiger partial charge in [-0.05, 0) is 26.8 Å². The molecule has 0 aromatic heterocycles. The molecule has 2 aliphatic rings. The van der Waals surface area contributed by atoms with Crippen molar-refractivity contribution >= 4 is 12.0 Å². The van der Waals surface area contributed by atoms with Gasteiger partial charge in [0.05, 0.1) is 5.41 Å². The summed E-state index contributed by atoms with van der Waals surface area (Å²) in [7, 11) is 2.06. The lowest BCUT2D eigenvalue weighted by molar-refractivity contribution is -0.150. The minimum Gasteiger partial charge on any atom is -0.481 e. The number of carboxylic acid groups (broad SMARTS) is 1. The van der Waals surface area contributed by atoms with Crippen molar-refractivity contribution in [2.24, 2.45) is 5.41 Å². The number of aliphatic carboxylic acids is 1. The van der Waals surface area contributed by atoms with E-state index in [0.717, 1.165) is 32.6 Å². The van der Waals surface area contributed by atoms with E-state index >= 15 is 0 Å². The maximum atomic E-state index is 12.2. The summed E-state index contributed by atoms with van der Waals surface area (Å²) in [5.41, 5.74) is 2.06. The maximum absolute atomic E-state index is 12.2. The first-order valence-electron chi connectivity index (χ1n) is 7.13. The molecule has 2 rings (SSSR count). The number of hydrogen-bond donors (Lipinski definition) is 2. The van der Waals surface area contributed by atoms with Crippen LogP contribution >= 0.6 is 0 Å². The predicted octanol–water partition coefficient (Wildman–Crippen LogP) is 0.0451. The molecule has 2 saturated heterocycles. The fourth-order valence-electron chi connectivity index (χ4n) is 2.71. The highest BCUT2D eigenvalue weighted by Crippen LogP contribution is 2.29. The van der Waals surface area contributed by atoms with Crippen LogP contribution in [0, 0.1) is 5.41 Å². The number of hydrogen-bond acceptors (Lipinski definition) is 4. The number of hydrazine groups is 1. The number of nitrogens with one attached hydrogen (secondary N) is 1. The molecule has 0 saturated carbocycles. The Hall–Kier alpha value is -1.34. The topological polar surface area (TPSA) is 76.1 Å². The second kappa shape index (κ2) is 5.97. The summed E-state index contributed by atoms with van der Waals surface area (Å²) in [6.45, 7) is 6.06. The zero-order valence-electron chi connectivity index (χ0n) is 12.3. The van der Waals surface area contributed by atoms with Gasteiger partial charge >= 0.3 is 12.0 Å². The monoisotopic (exact) mass is 284 g/mol. The first kappa shape index (κ1) is 15.1. The van der Waals surface area contributed by atoms with Gasteiger partial charge < -0.3 is 14.9 Å². The number of amides is 2. The Bertz CT molecular complexity index is 382. The third kappa shape index (κ3) is 3.40. The molecule has 2 heterocycles. The van der Waals surface area contributed by atoms with E-state index in [0.29, 0.717) is 13.0 Å². The zero-order valence-corrected chi connectivity index (χ0v) is 12.3. The quantitative estimate of drug-likeness (QED) is 0.749. The number of piperidine rings is 1. The van der Waals surface area contributed by atoms with Crippen LogP contribution in [0.25, 0.3) is 0 Å². The average Bonchev–Trinajstić information content (AvgIpc) is 2.41. The first-order chi connectivity index (χ1) is 9.40. The third-order valence-corrected chi connectivity index (χ3v) is 4.26. The molecule has 0 aromatic carbocycles. The maximum Gasteiger partial charge on any atom is 0.331 e. The molecule has 20 heavy (non-hydrogen) atoms. The Labute approximate surface area is 119 Å². The number of urea groups is 1. The minimum absolute atomic E-state index is 0.179. The number of likely N-dealkylation sites (N-methyl/N-ethyl adjacent to an activating group) is 1. The van der Waals surface area contributed by atoms with Crippen molar-refractivity contribution in [3.8, 4) is 0 Å². The van der Waals surface area contributed by atoms with E-state index in [1.165, 1.54) is 0 Å². The third-order valence-electron chi connectivity index (χ3n) is 4.26. The van der Waals surface area contributed by atoms with Crippen molar-refractivity contribution in [1.82, 2.24) is 20.2 Å². The Morgan fingerprint density at radius 3 is 2.40 bits per heavy atom. The Morgan fingerprint density at radius 1 is 1.15 bits per heavy atom. The molecule has 114 valence electrons. The molecular formula is C13H24N4O3. The molecule has 0 aromatic rings. The van der Waals surface area contributed by atoms with E-state index in [-0.39, 0.29) is 12.6 Å². The van der Waals surface area contributed by atoms with Gasteiger partial charge in [0.25, 0.3) is 0 Å². The van der Waals surface area contributed by atoms with Gasteiger partial charge in [-0.25, -0.2) is 9.80 Å². The molecule has 2 amide bonds. The van der Waals surface area contributed by atoms with Crippen LogP contribution in [-0.2, 0) is 4.79 Å². The highest BCUT2D eigenvalue weighted by Gasteiger charge is 2.39. The van der Waals surface area contributed by atoms with E-state index in [4.69, 9.17) is 0 Å². The second-order valence-electron chi connectivity index (χ2n) is 6.10. The van der Waals surface area contributed by atoms with Crippen LogP contribution in [0.1, 0.15) is 19.8 Å². The molecular weight excluding hydrogens is 260 g/mol. The Kier molecular flexibility index (Phi) is 4.49. The van der Waals surface area contributed by atoms with Crippen molar-refractivity contribution in [2.75, 3.05) is 46.3 Å². The van der Waals surface area contributed by atoms with Crippen LogP contribution in [0.4, 0.5) is 4.79 Å². The summed E-state index contributed by atoms with van der Waals surface area (Å²) in [4.78, 5) is 27.4. The van der Waals surface area contributed by atoms with Crippen LogP contribution < -0.4 is 5.43 Å². The standard InChI is InChI=1S/C13H24N4O3/c1-13(11(18)19)4-3-5-16(10-13)12(20)14-17-8-6-15(2)7-9-17/h3-10H2,1-2H3,(H,14,20)(H,18,19). The number of carbonyl (C=O) groups excluding carboxylic acids is 1. The highest BCUT2D eigenvalue weighted by molar-refractivity contribution is 5.78. The van der Waals surface area contributed by atoms with Gasteiger partial charge in [0, 0.05) is 39.3 Å². The molecule has 0 aliphatic carbocycles. The molecule has 2 N–H and O–H groups in total. The number of carbonyl (C=O) groups is 2. The molecule has 2 fully saturated rings. The highest BCUT2D eigenvalue weighted by atomic mass is 16.4. The lowest BCUT2D eigenvalue weighted by Crippen LogP contribution is -2.58. The molecule has 0 spiro atoms. The van der Waals surface area contributed by atoms with Gasteiger partial charge in [-0.3, -0.25) is 10.2 Å². The summed E-state index contributed by atoms with van der Waals surface area (Å²) in [5, 5.41) is 11.2. The van der Waals surface area contributed by atoms with Crippen molar-refractivity contribution in [1.29, 1.82) is 0 Å². The van der Waals surface area contributed by atoms with Gasteiger partial charge in [0.1, 0.15) is 0 Å². The molecule has 1 atom stereocenters. The molecule has 0 bridgehead atoms. The van der Waals surface area contributed by atoms with E-state index < -0.39 is 11.4 Å². The van der Waals surface area contributed by atoms with Crippen LogP contribution in [0.15, 0.2) is 0 Å². The summed E-state index contributed by atoms with van der Waals surface area (Å²) < 4.78 is 0. The van der Waals surface area contributed by atoms with Gasteiger partial charge in [-0.2, -0.15) is 0 Å². The predicted molar refractivity (Wildman–Crippen MR) is 74.2 cm³/mol. The summed E-state index contributed by atoms with van der Waals surface area (Å²) in [6.07, 6.45) is 1.36. The fraction of sp³-hybridized carbons (Fsp3) is 0.846. The van der Waals surface area contributed by atoms with Crippen LogP contribution in [0.5, 0.6) is 0 Å². The van der Waals surface area contributed by atoms with Crippen molar-refractivity contribution in [3.63, 3.8) is 0 Å². The average molecular weight is 284 g/mol. The first-order valence-corrected chi connectivity index (χ1v) is 7.13. The lowest BCUT2D eigenvalue weighted by atomic mass is 9.82. The largest absolute Gasteiger partial charge is 0.481 e. The molecule has 0 radical (unpaired) electrons. The molecule has 2 aliphatic heterocycles. The van der Waals surface area contributed by atoms with Crippen molar-refractivity contribution in [2.45, 2.75) is 19.8 Å². The number of carboxylic acids is 1. The molecule has 7 nitrogen and oxygen atoms in total. The summed E-state index contributed by atoms with van der Waals surface area (Å²) in [5.74, 6) is -0.824.